The summed E-state index contributed by atoms with van der Waals surface area (Å²) in [7, 11) is 0. The highest BCUT2D eigenvalue weighted by molar-refractivity contribution is 6.33. The Kier molecular flexibility index (Phi) is 4.90. The Balaban J connectivity index is 1.92. The molecule has 3 rings (SSSR count). The van der Waals surface area contributed by atoms with Crippen LogP contribution in [0.25, 0.3) is 5.69 Å². The van der Waals surface area contributed by atoms with Crippen molar-refractivity contribution in [3.63, 3.8) is 0 Å². The monoisotopic (exact) mass is 378 g/mol. The fourth-order valence-corrected chi connectivity index (χ4v) is 3.19. The van der Waals surface area contributed by atoms with E-state index in [2.05, 4.69) is 5.10 Å². The molecule has 0 amide bonds. The molecular formula is C16H15ClN4O5. The van der Waals surface area contributed by atoms with Gasteiger partial charge in [-0.2, -0.15) is 9.78 Å². The molecule has 1 unspecified atom stereocenters. The van der Waals surface area contributed by atoms with Crippen molar-refractivity contribution in [1.29, 1.82) is 0 Å². The molecule has 0 saturated carbocycles. The van der Waals surface area contributed by atoms with Crippen LogP contribution in [0.5, 0.6) is 0 Å². The highest BCUT2D eigenvalue weighted by Gasteiger charge is 2.27. The minimum absolute atomic E-state index is 0.0654. The summed E-state index contributed by atoms with van der Waals surface area (Å²) in [6, 6.07) is 5.36. The maximum atomic E-state index is 12.6. The van der Waals surface area contributed by atoms with Crippen LogP contribution >= 0.6 is 11.6 Å². The number of hydrogen-bond acceptors (Lipinski definition) is 6. The van der Waals surface area contributed by atoms with Crippen molar-refractivity contribution in [2.75, 3.05) is 18.0 Å². The maximum absolute atomic E-state index is 12.6. The van der Waals surface area contributed by atoms with Crippen LogP contribution in [0.1, 0.15) is 12.8 Å². The van der Waals surface area contributed by atoms with Gasteiger partial charge in [-0.1, -0.05) is 11.6 Å². The molecule has 0 aliphatic carbocycles. The molecule has 1 atom stereocenters. The number of benzene rings is 1. The Morgan fingerprint density at radius 1 is 1.35 bits per heavy atom. The van der Waals surface area contributed by atoms with Gasteiger partial charge in [0.1, 0.15) is 5.02 Å². The number of non-ortho nitro benzene ring substituents is 1. The molecule has 1 aromatic carbocycles. The number of carboxylic acid groups (broad SMARTS) is 1. The number of nitro groups is 1. The number of nitro benzene ring substituents is 1. The molecule has 1 aliphatic rings. The quantitative estimate of drug-likeness (QED) is 0.639. The summed E-state index contributed by atoms with van der Waals surface area (Å²) in [5.74, 6) is -1.39. The second-order valence-electron chi connectivity index (χ2n) is 5.96. The third-order valence-corrected chi connectivity index (χ3v) is 4.67. The van der Waals surface area contributed by atoms with E-state index in [0.29, 0.717) is 30.8 Å². The van der Waals surface area contributed by atoms with Gasteiger partial charge in [-0.25, -0.2) is 0 Å². The first-order valence-corrected chi connectivity index (χ1v) is 8.26. The molecule has 2 aromatic rings. The number of halogens is 1. The standard InChI is InChI=1S/C16H15ClN4O5/c17-14-13(19-7-1-2-10(9-19)16(23)24)8-18-20(15(14)22)11-3-5-12(6-4-11)21(25)26/h3-6,8,10H,1-2,7,9H2,(H,23,24). The first-order chi connectivity index (χ1) is 12.4. The summed E-state index contributed by atoms with van der Waals surface area (Å²) < 4.78 is 1.05. The van der Waals surface area contributed by atoms with E-state index in [9.17, 15) is 24.8 Å². The lowest BCUT2D eigenvalue weighted by molar-refractivity contribution is -0.384. The molecule has 1 aromatic heterocycles. The van der Waals surface area contributed by atoms with Gasteiger partial charge >= 0.3 is 5.97 Å². The number of carboxylic acids is 1. The number of carbonyl (C=O) groups is 1. The van der Waals surface area contributed by atoms with Gasteiger partial charge in [0, 0.05) is 25.2 Å². The van der Waals surface area contributed by atoms with Crippen LogP contribution < -0.4 is 10.5 Å². The van der Waals surface area contributed by atoms with Gasteiger partial charge in [-0.3, -0.25) is 19.7 Å². The van der Waals surface area contributed by atoms with E-state index in [1.807, 2.05) is 0 Å². The fraction of sp³-hybridized carbons (Fsp3) is 0.312. The van der Waals surface area contributed by atoms with Gasteiger partial charge in [0.2, 0.25) is 0 Å². The number of aliphatic carboxylic acids is 1. The van der Waals surface area contributed by atoms with Crippen molar-refractivity contribution >= 4 is 28.9 Å². The molecule has 2 heterocycles. The Hall–Kier alpha value is -2.94. The van der Waals surface area contributed by atoms with Gasteiger partial charge in [-0.05, 0) is 25.0 Å². The first-order valence-electron chi connectivity index (χ1n) is 7.89. The van der Waals surface area contributed by atoms with Crippen LogP contribution in [0.15, 0.2) is 35.3 Å². The lowest BCUT2D eigenvalue weighted by atomic mass is 9.98. The molecule has 136 valence electrons. The van der Waals surface area contributed by atoms with E-state index < -0.39 is 22.4 Å². The number of aromatic nitrogens is 2. The van der Waals surface area contributed by atoms with Crippen molar-refractivity contribution in [1.82, 2.24) is 9.78 Å². The van der Waals surface area contributed by atoms with Crippen LogP contribution in [0, 0.1) is 16.0 Å². The molecule has 1 fully saturated rings. The van der Waals surface area contributed by atoms with E-state index >= 15 is 0 Å². The Bertz CT molecular complexity index is 912. The van der Waals surface area contributed by atoms with Gasteiger partial charge in [0.05, 0.1) is 28.4 Å². The van der Waals surface area contributed by atoms with Crippen LogP contribution in [0.4, 0.5) is 11.4 Å². The maximum Gasteiger partial charge on any atom is 0.308 e. The predicted octanol–water partition coefficient (Wildman–Crippen LogP) is 2.10. The van der Waals surface area contributed by atoms with Crippen molar-refractivity contribution in [2.24, 2.45) is 5.92 Å². The van der Waals surface area contributed by atoms with E-state index in [0.717, 1.165) is 4.68 Å². The largest absolute Gasteiger partial charge is 0.481 e. The average molecular weight is 379 g/mol. The fourth-order valence-electron chi connectivity index (χ4n) is 2.94. The second kappa shape index (κ2) is 7.12. The molecule has 0 bridgehead atoms. The number of anilines is 1. The van der Waals surface area contributed by atoms with E-state index in [1.54, 1.807) is 4.90 Å². The van der Waals surface area contributed by atoms with Gasteiger partial charge in [0.15, 0.2) is 0 Å². The molecule has 1 aliphatic heterocycles. The predicted molar refractivity (Wildman–Crippen MR) is 94.1 cm³/mol. The first kappa shape index (κ1) is 17.9. The summed E-state index contributed by atoms with van der Waals surface area (Å²) in [6.07, 6.45) is 2.67. The van der Waals surface area contributed by atoms with Crippen molar-refractivity contribution in [3.05, 3.63) is 56.0 Å². The lowest BCUT2D eigenvalue weighted by Crippen LogP contribution is -2.40. The van der Waals surface area contributed by atoms with Gasteiger partial charge in [-0.15, -0.1) is 0 Å². The Labute approximate surface area is 152 Å². The van der Waals surface area contributed by atoms with Crippen LogP contribution in [-0.4, -0.2) is 38.9 Å². The SMILES string of the molecule is O=C(O)C1CCCN(c2cnn(-c3ccc([N+](=O)[O-])cc3)c(=O)c2Cl)C1. The van der Waals surface area contributed by atoms with Crippen molar-refractivity contribution in [3.8, 4) is 5.69 Å². The molecule has 1 saturated heterocycles. The third kappa shape index (κ3) is 3.38. The van der Waals surface area contributed by atoms with Crippen LogP contribution in [0.2, 0.25) is 5.02 Å². The molecule has 9 nitrogen and oxygen atoms in total. The average Bonchev–Trinajstić information content (AvgIpc) is 2.64. The van der Waals surface area contributed by atoms with Gasteiger partial charge in [0.25, 0.3) is 11.2 Å². The minimum Gasteiger partial charge on any atom is -0.481 e. The van der Waals surface area contributed by atoms with E-state index in [-0.39, 0.29) is 17.3 Å². The number of nitrogens with zero attached hydrogens (tertiary/aromatic N) is 4. The summed E-state index contributed by atoms with van der Waals surface area (Å²) >= 11 is 6.22. The summed E-state index contributed by atoms with van der Waals surface area (Å²) in [5, 5.41) is 23.9. The highest BCUT2D eigenvalue weighted by Crippen LogP contribution is 2.27. The Morgan fingerprint density at radius 3 is 2.65 bits per heavy atom. The molecular weight excluding hydrogens is 364 g/mol. The number of hydrogen-bond donors (Lipinski definition) is 1. The van der Waals surface area contributed by atoms with E-state index in [1.165, 1.54) is 30.5 Å². The third-order valence-electron chi connectivity index (χ3n) is 4.32. The van der Waals surface area contributed by atoms with Gasteiger partial charge < -0.3 is 10.0 Å². The van der Waals surface area contributed by atoms with Crippen LogP contribution in [-0.2, 0) is 4.79 Å². The molecule has 10 heteroatoms. The Morgan fingerprint density at radius 2 is 2.04 bits per heavy atom. The van der Waals surface area contributed by atoms with Crippen LogP contribution in [0.3, 0.4) is 0 Å². The molecule has 1 N–H and O–H groups in total. The molecule has 26 heavy (non-hydrogen) atoms. The second-order valence-corrected chi connectivity index (χ2v) is 6.34. The minimum atomic E-state index is -0.877. The lowest BCUT2D eigenvalue weighted by Gasteiger charge is -2.32. The molecule has 0 spiro atoms. The van der Waals surface area contributed by atoms with E-state index in [4.69, 9.17) is 11.6 Å². The summed E-state index contributed by atoms with van der Waals surface area (Å²) in [4.78, 5) is 35.7. The van der Waals surface area contributed by atoms with Crippen molar-refractivity contribution < 1.29 is 14.8 Å². The highest BCUT2D eigenvalue weighted by atomic mass is 35.5. The summed E-state index contributed by atoms with van der Waals surface area (Å²) in [6.45, 7) is 0.851. The normalized spacial score (nSPS) is 17.1. The summed E-state index contributed by atoms with van der Waals surface area (Å²) in [5.41, 5.74) is 0.0601. The van der Waals surface area contributed by atoms with Crippen molar-refractivity contribution in [2.45, 2.75) is 12.8 Å². The zero-order valence-corrected chi connectivity index (χ0v) is 14.3. The molecule has 0 radical (unpaired) electrons. The number of rotatable bonds is 4. The smallest absolute Gasteiger partial charge is 0.308 e. The topological polar surface area (TPSA) is 119 Å². The zero-order chi connectivity index (χ0) is 18.8. The number of piperidine rings is 1. The zero-order valence-electron chi connectivity index (χ0n) is 13.5.